The number of carbonyl (C=O) groups is 4. The van der Waals surface area contributed by atoms with E-state index in [1.165, 1.54) is 18.0 Å². The minimum atomic E-state index is -1.38. The summed E-state index contributed by atoms with van der Waals surface area (Å²) in [5, 5.41) is 43.0. The second-order valence-corrected chi connectivity index (χ2v) is 13.8. The Balaban J connectivity index is 2.06. The van der Waals surface area contributed by atoms with Gasteiger partial charge in [-0.25, -0.2) is 4.68 Å². The third-order valence-electron chi connectivity index (χ3n) is 8.23. The van der Waals surface area contributed by atoms with Crippen LogP contribution in [0.4, 0.5) is 5.82 Å². The van der Waals surface area contributed by atoms with Crippen LogP contribution in [-0.2, 0) is 33.4 Å². The third kappa shape index (κ3) is 16.5. The SMILES string of the molecule is CCCCCCC(=O)N[C@H](CSC[C@@H](COC(=O)CCCCCC)OC(=O)CCCCCC)C(=O)Nc1cn([C@H]2OC(CO)[C@@H](O)[C@@H]2O)nn1. The van der Waals surface area contributed by atoms with Crippen molar-refractivity contribution >= 4 is 41.3 Å². The van der Waals surface area contributed by atoms with Crippen LogP contribution in [0, 0.1) is 0 Å². The van der Waals surface area contributed by atoms with Crippen molar-refractivity contribution in [2.45, 2.75) is 154 Å². The van der Waals surface area contributed by atoms with E-state index in [0.29, 0.717) is 12.8 Å². The number of nitrogens with zero attached hydrogens (tertiary/aromatic N) is 3. The Morgan fingerprint density at radius 2 is 1.50 bits per heavy atom. The number of carbonyl (C=O) groups excluding carboxylic acids is 4. The molecule has 16 heteroatoms. The van der Waals surface area contributed by atoms with E-state index in [1.54, 1.807) is 0 Å². The van der Waals surface area contributed by atoms with Gasteiger partial charge in [0, 0.05) is 30.8 Å². The smallest absolute Gasteiger partial charge is 0.306 e. The van der Waals surface area contributed by atoms with Crippen LogP contribution in [-0.4, -0.2) is 109 Å². The molecule has 2 heterocycles. The van der Waals surface area contributed by atoms with Crippen LogP contribution in [0.1, 0.15) is 123 Å². The Morgan fingerprint density at radius 1 is 0.880 bits per heavy atom. The maximum Gasteiger partial charge on any atom is 0.306 e. The molecule has 1 aromatic heterocycles. The molecule has 50 heavy (non-hydrogen) atoms. The fourth-order valence-electron chi connectivity index (χ4n) is 5.26. The number of rotatable bonds is 27. The molecule has 0 aliphatic carbocycles. The van der Waals surface area contributed by atoms with Crippen LogP contribution >= 0.6 is 11.8 Å². The fraction of sp³-hybridized carbons (Fsp3) is 0.824. The van der Waals surface area contributed by atoms with Gasteiger partial charge < -0.3 is 40.2 Å². The Morgan fingerprint density at radius 3 is 2.10 bits per heavy atom. The van der Waals surface area contributed by atoms with E-state index in [4.69, 9.17) is 14.2 Å². The molecule has 1 saturated heterocycles. The van der Waals surface area contributed by atoms with Gasteiger partial charge in [-0.05, 0) is 19.3 Å². The average Bonchev–Trinajstić information content (AvgIpc) is 3.68. The first-order valence-electron chi connectivity index (χ1n) is 18.2. The van der Waals surface area contributed by atoms with Gasteiger partial charge in [-0.2, -0.15) is 11.8 Å². The number of esters is 2. The molecule has 1 unspecified atom stereocenters. The molecular weight excluding hydrogens is 670 g/mol. The quantitative estimate of drug-likeness (QED) is 0.0650. The van der Waals surface area contributed by atoms with Gasteiger partial charge in [-0.1, -0.05) is 83.8 Å². The second kappa shape index (κ2) is 25.2. The lowest BCUT2D eigenvalue weighted by Gasteiger charge is -2.21. The van der Waals surface area contributed by atoms with Crippen LogP contribution in [0.2, 0.25) is 0 Å². The van der Waals surface area contributed by atoms with Crippen LogP contribution < -0.4 is 10.6 Å². The number of aliphatic hydroxyl groups excluding tert-OH is 3. The largest absolute Gasteiger partial charge is 0.462 e. The maximum absolute atomic E-state index is 13.4. The molecule has 2 amide bonds. The first-order valence-corrected chi connectivity index (χ1v) is 19.4. The molecule has 0 aromatic carbocycles. The monoisotopic (exact) mass is 729 g/mol. The molecule has 0 saturated carbocycles. The van der Waals surface area contributed by atoms with E-state index >= 15 is 0 Å². The molecule has 1 aliphatic heterocycles. The van der Waals surface area contributed by atoms with E-state index in [9.17, 15) is 34.5 Å². The number of unbranched alkanes of at least 4 members (excludes halogenated alkanes) is 9. The fourth-order valence-corrected chi connectivity index (χ4v) is 6.29. The normalized spacial score (nSPS) is 19.9. The van der Waals surface area contributed by atoms with Crippen molar-refractivity contribution in [3.63, 3.8) is 0 Å². The molecule has 286 valence electrons. The summed E-state index contributed by atoms with van der Waals surface area (Å²) in [5.74, 6) is -1.24. The van der Waals surface area contributed by atoms with Gasteiger partial charge in [-0.3, -0.25) is 19.2 Å². The summed E-state index contributed by atoms with van der Waals surface area (Å²) in [6.45, 7) is 5.64. The maximum atomic E-state index is 13.4. The van der Waals surface area contributed by atoms with Crippen molar-refractivity contribution in [1.29, 1.82) is 0 Å². The summed E-state index contributed by atoms with van der Waals surface area (Å²) >= 11 is 1.27. The summed E-state index contributed by atoms with van der Waals surface area (Å²) in [5.41, 5.74) is 0. The summed E-state index contributed by atoms with van der Waals surface area (Å²) < 4.78 is 17.7. The highest BCUT2D eigenvalue weighted by Crippen LogP contribution is 2.29. The molecule has 6 atom stereocenters. The first kappa shape index (κ1) is 43.4. The molecule has 0 spiro atoms. The van der Waals surface area contributed by atoms with Crippen molar-refractivity contribution in [3.05, 3.63) is 6.20 Å². The van der Waals surface area contributed by atoms with E-state index < -0.39 is 49.2 Å². The van der Waals surface area contributed by atoms with E-state index in [2.05, 4.69) is 41.7 Å². The van der Waals surface area contributed by atoms with Gasteiger partial charge in [0.25, 0.3) is 0 Å². The molecule has 15 nitrogen and oxygen atoms in total. The Labute approximate surface area is 299 Å². The van der Waals surface area contributed by atoms with Gasteiger partial charge in [0.05, 0.1) is 12.8 Å². The summed E-state index contributed by atoms with van der Waals surface area (Å²) in [6, 6.07) is -0.996. The topological polar surface area (TPSA) is 211 Å². The standard InChI is InChI=1S/C34H59N5O10S/c1-4-7-10-13-16-28(41)35-25(33(46)36-27-19-39(38-37-27)34-32(45)31(44)26(20-40)49-34)23-50-22-24(48-30(43)18-15-12-9-6-3)21-47-29(42)17-14-11-8-5-2/h19,24-26,31-32,34,40,44-45H,4-18,20-23H2,1-3H3,(H,35,41)(H,36,46)/t24-,25-,26?,31-,32+,34+/m1/s1. The highest BCUT2D eigenvalue weighted by Gasteiger charge is 2.44. The lowest BCUT2D eigenvalue weighted by atomic mass is 10.1. The third-order valence-corrected chi connectivity index (χ3v) is 9.41. The molecule has 1 aromatic rings. The number of anilines is 1. The molecule has 5 N–H and O–H groups in total. The first-order chi connectivity index (χ1) is 24.1. The molecule has 0 bridgehead atoms. The minimum Gasteiger partial charge on any atom is -0.462 e. The molecule has 1 fully saturated rings. The zero-order chi connectivity index (χ0) is 36.7. The van der Waals surface area contributed by atoms with Crippen LogP contribution in [0.5, 0.6) is 0 Å². The van der Waals surface area contributed by atoms with Crippen molar-refractivity contribution in [2.24, 2.45) is 0 Å². The van der Waals surface area contributed by atoms with Gasteiger partial charge in [0.15, 0.2) is 12.0 Å². The Kier molecular flexibility index (Phi) is 21.9. The number of aliphatic hydroxyl groups is 3. The summed E-state index contributed by atoms with van der Waals surface area (Å²) in [4.78, 5) is 51.2. The van der Waals surface area contributed by atoms with Gasteiger partial charge >= 0.3 is 11.9 Å². The lowest BCUT2D eigenvalue weighted by molar-refractivity contribution is -0.157. The van der Waals surface area contributed by atoms with Crippen LogP contribution in [0.25, 0.3) is 0 Å². The van der Waals surface area contributed by atoms with Gasteiger partial charge in [0.1, 0.15) is 37.1 Å². The Bertz CT molecular complexity index is 1140. The number of hydrogen-bond donors (Lipinski definition) is 5. The van der Waals surface area contributed by atoms with Gasteiger partial charge in [-0.15, -0.1) is 5.10 Å². The predicted octanol–water partition coefficient (Wildman–Crippen LogP) is 3.41. The predicted molar refractivity (Wildman–Crippen MR) is 188 cm³/mol. The lowest BCUT2D eigenvalue weighted by Crippen LogP contribution is -2.45. The highest BCUT2D eigenvalue weighted by atomic mass is 32.2. The number of ether oxygens (including phenoxy) is 3. The number of nitrogens with one attached hydrogen (secondary N) is 2. The number of thioether (sulfide) groups is 1. The van der Waals surface area contributed by atoms with Crippen molar-refractivity contribution < 1.29 is 48.7 Å². The zero-order valence-corrected chi connectivity index (χ0v) is 30.7. The zero-order valence-electron chi connectivity index (χ0n) is 29.9. The summed E-state index contributed by atoms with van der Waals surface area (Å²) in [6.07, 6.45) is 7.54. The molecular formula is C34H59N5O10S. The van der Waals surface area contributed by atoms with Crippen molar-refractivity contribution in [1.82, 2.24) is 20.3 Å². The van der Waals surface area contributed by atoms with Crippen molar-refractivity contribution in [3.8, 4) is 0 Å². The molecule has 1 aliphatic rings. The number of hydrogen-bond acceptors (Lipinski definition) is 13. The van der Waals surface area contributed by atoms with E-state index in [1.807, 2.05) is 0 Å². The van der Waals surface area contributed by atoms with E-state index in [-0.39, 0.29) is 61.0 Å². The molecule has 2 rings (SSSR count). The molecule has 0 radical (unpaired) electrons. The van der Waals surface area contributed by atoms with Gasteiger partial charge in [0.2, 0.25) is 11.8 Å². The van der Waals surface area contributed by atoms with Crippen LogP contribution in [0.3, 0.4) is 0 Å². The highest BCUT2D eigenvalue weighted by molar-refractivity contribution is 7.99. The number of amides is 2. The Hall–Kier alpha value is -2.79. The number of aromatic nitrogens is 3. The minimum absolute atomic E-state index is 0.0145. The summed E-state index contributed by atoms with van der Waals surface area (Å²) in [7, 11) is 0. The van der Waals surface area contributed by atoms with Crippen LogP contribution in [0.15, 0.2) is 6.20 Å². The average molecular weight is 730 g/mol. The second-order valence-electron chi connectivity index (χ2n) is 12.7. The van der Waals surface area contributed by atoms with E-state index in [0.717, 1.165) is 68.9 Å². The van der Waals surface area contributed by atoms with Crippen molar-refractivity contribution in [2.75, 3.05) is 30.0 Å².